The quantitative estimate of drug-likeness (QED) is 0.258. The number of hydrogen-bond donors (Lipinski definition) is 0. The Balaban J connectivity index is -0.000000537. The predicted molar refractivity (Wildman–Crippen MR) is 156 cm³/mol. The van der Waals surface area contributed by atoms with Crippen LogP contribution in [0.3, 0.4) is 0 Å². The summed E-state index contributed by atoms with van der Waals surface area (Å²) in [5.74, 6) is 0.763. The lowest BCUT2D eigenvalue weighted by molar-refractivity contribution is 0.690. The van der Waals surface area contributed by atoms with Crippen molar-refractivity contribution >= 4 is 0 Å². The molecule has 1 aliphatic rings. The van der Waals surface area contributed by atoms with Gasteiger partial charge in [-0.1, -0.05) is 115 Å². The maximum atomic E-state index is 4.07. The van der Waals surface area contributed by atoms with Crippen LogP contribution in [0.25, 0.3) is 0 Å². The maximum absolute atomic E-state index is 4.07. The number of allylic oxidation sites excluding steroid dienone is 4. The second-order valence-electron chi connectivity index (χ2n) is 8.56. The number of hydrogen-bond acceptors (Lipinski definition) is 0. The van der Waals surface area contributed by atoms with E-state index >= 15 is 0 Å². The molecule has 1 aliphatic carbocycles. The topological polar surface area (TPSA) is 0 Å². The van der Waals surface area contributed by atoms with Gasteiger partial charge in [-0.15, -0.1) is 19.4 Å². The second-order valence-corrected chi connectivity index (χ2v) is 8.56. The zero-order valence-electron chi connectivity index (χ0n) is 23.4. The highest BCUT2D eigenvalue weighted by molar-refractivity contribution is 5.24. The molecule has 0 nitrogen and oxygen atoms in total. The van der Waals surface area contributed by atoms with E-state index in [0.717, 1.165) is 5.92 Å². The van der Waals surface area contributed by atoms with Crippen LogP contribution in [-0.4, -0.2) is 0 Å². The van der Waals surface area contributed by atoms with E-state index in [9.17, 15) is 0 Å². The molecule has 0 aliphatic heterocycles. The first-order valence-corrected chi connectivity index (χ1v) is 13.3. The van der Waals surface area contributed by atoms with Crippen LogP contribution in [0.1, 0.15) is 117 Å². The molecule has 1 unspecified atom stereocenters. The molecule has 0 heteroatoms. The predicted octanol–water partition coefficient (Wildman–Crippen LogP) is 10.9. The first-order chi connectivity index (χ1) is 16.0. The van der Waals surface area contributed by atoms with Crippen molar-refractivity contribution in [1.82, 2.24) is 0 Å². The minimum atomic E-state index is 0.763. The van der Waals surface area contributed by atoms with E-state index in [1.165, 1.54) is 92.9 Å². The summed E-state index contributed by atoms with van der Waals surface area (Å²) >= 11 is 0. The molecule has 1 saturated carbocycles. The van der Waals surface area contributed by atoms with Gasteiger partial charge >= 0.3 is 0 Å². The molecule has 0 spiro atoms. The third kappa shape index (κ3) is 24.5. The Labute approximate surface area is 209 Å². The van der Waals surface area contributed by atoms with Crippen LogP contribution < -0.4 is 0 Å². The Hall–Kier alpha value is -2.00. The van der Waals surface area contributed by atoms with E-state index in [1.807, 2.05) is 13.8 Å². The molecular weight excluding hydrogens is 396 g/mol. The summed E-state index contributed by atoms with van der Waals surface area (Å²) in [4.78, 5) is 0. The van der Waals surface area contributed by atoms with E-state index in [0.29, 0.717) is 0 Å². The van der Waals surface area contributed by atoms with Crippen molar-refractivity contribution in [2.45, 2.75) is 119 Å². The van der Waals surface area contributed by atoms with Gasteiger partial charge in [-0.25, -0.2) is 0 Å². The number of rotatable bonds is 9. The molecule has 1 aromatic rings. The molecule has 1 atom stereocenters. The highest BCUT2D eigenvalue weighted by atomic mass is 14.2. The zero-order chi connectivity index (χ0) is 25.9. The lowest BCUT2D eigenvalue weighted by atomic mass is 10.0. The molecule has 0 amide bonds. The van der Waals surface area contributed by atoms with E-state index in [4.69, 9.17) is 0 Å². The minimum Gasteiger partial charge on any atom is -0.124 e. The lowest BCUT2D eigenvalue weighted by Gasteiger charge is -2.04. The molecule has 0 N–H and O–H groups in total. The SMILES string of the molecule is C#C.C=C(C)CCCC.C=C1CCC(/C=C/CCc2cccc(CCC)c2)C1.CC.CCC. The van der Waals surface area contributed by atoms with E-state index in [1.54, 1.807) is 0 Å². The van der Waals surface area contributed by atoms with Gasteiger partial charge in [0.1, 0.15) is 0 Å². The molecule has 0 heterocycles. The lowest BCUT2D eigenvalue weighted by Crippen LogP contribution is -1.89. The van der Waals surface area contributed by atoms with E-state index in [2.05, 4.69) is 97.0 Å². The molecule has 188 valence electrons. The summed E-state index contributed by atoms with van der Waals surface area (Å²) in [6.45, 7) is 22.6. The van der Waals surface area contributed by atoms with Crippen LogP contribution in [0.15, 0.2) is 60.7 Å². The van der Waals surface area contributed by atoms with E-state index in [-0.39, 0.29) is 0 Å². The average molecular weight is 453 g/mol. The van der Waals surface area contributed by atoms with Crippen LogP contribution >= 0.6 is 0 Å². The van der Waals surface area contributed by atoms with Gasteiger partial charge in [-0.2, -0.15) is 0 Å². The Bertz CT molecular complexity index is 614. The van der Waals surface area contributed by atoms with Crippen molar-refractivity contribution in [2.75, 3.05) is 0 Å². The summed E-state index contributed by atoms with van der Waals surface area (Å²) in [5, 5.41) is 0. The van der Waals surface area contributed by atoms with E-state index < -0.39 is 0 Å². The summed E-state index contributed by atoms with van der Waals surface area (Å²) in [6, 6.07) is 9.07. The van der Waals surface area contributed by atoms with Gasteiger partial charge in [0, 0.05) is 0 Å². The van der Waals surface area contributed by atoms with Gasteiger partial charge in [0.25, 0.3) is 0 Å². The number of aryl methyl sites for hydroxylation is 2. The highest BCUT2D eigenvalue weighted by Gasteiger charge is 2.14. The Morgan fingerprint density at radius 2 is 1.61 bits per heavy atom. The van der Waals surface area contributed by atoms with Crippen molar-refractivity contribution in [3.8, 4) is 12.8 Å². The zero-order valence-corrected chi connectivity index (χ0v) is 23.4. The van der Waals surface area contributed by atoms with Gasteiger partial charge in [-0.05, 0) is 75.3 Å². The van der Waals surface area contributed by atoms with Crippen LogP contribution in [0.5, 0.6) is 0 Å². The van der Waals surface area contributed by atoms with Gasteiger partial charge in [-0.3, -0.25) is 0 Å². The van der Waals surface area contributed by atoms with Crippen molar-refractivity contribution < 1.29 is 0 Å². The fourth-order valence-corrected chi connectivity index (χ4v) is 3.38. The summed E-state index contributed by atoms with van der Waals surface area (Å²) in [6.07, 6.45) is 26.3. The standard InChI is InChI=1S/C19H26.C7H14.C3H8.C2H6.C2H2/c1-3-7-17-10-6-11-18(15-17)8-4-5-9-19-13-12-16(2)14-19;1-4-5-6-7(2)3;1-3-2;2*1-2/h5-6,9-11,15,19H,2-4,7-8,12-14H2,1H3;2,4-6H2,1,3H3;3H2,1-2H3;1-2H3;1-2H/b9-5+;;;;. The Morgan fingerprint density at radius 1 is 1.03 bits per heavy atom. The van der Waals surface area contributed by atoms with Crippen LogP contribution in [0.4, 0.5) is 0 Å². The minimum absolute atomic E-state index is 0.763. The van der Waals surface area contributed by atoms with Crippen molar-refractivity contribution in [3.05, 3.63) is 71.8 Å². The van der Waals surface area contributed by atoms with Crippen LogP contribution in [0, 0.1) is 18.8 Å². The van der Waals surface area contributed by atoms with Gasteiger partial charge < -0.3 is 0 Å². The molecule has 1 fully saturated rings. The fraction of sp³-hybridized carbons (Fsp3) is 0.576. The molecule has 2 rings (SSSR count). The first kappa shape index (κ1) is 35.6. The number of unbranched alkanes of at least 4 members (excludes halogenated alkanes) is 1. The fourth-order valence-electron chi connectivity index (χ4n) is 3.38. The van der Waals surface area contributed by atoms with Crippen molar-refractivity contribution in [1.29, 1.82) is 0 Å². The molecule has 1 aromatic carbocycles. The number of terminal acetylenes is 1. The van der Waals surface area contributed by atoms with Crippen LogP contribution in [-0.2, 0) is 12.8 Å². The molecule has 0 aromatic heterocycles. The summed E-state index contributed by atoms with van der Waals surface area (Å²) in [7, 11) is 0. The van der Waals surface area contributed by atoms with Crippen molar-refractivity contribution in [3.63, 3.8) is 0 Å². The first-order valence-electron chi connectivity index (χ1n) is 13.3. The van der Waals surface area contributed by atoms with Crippen molar-refractivity contribution in [2.24, 2.45) is 5.92 Å². The monoisotopic (exact) mass is 452 g/mol. The molecule has 0 bridgehead atoms. The highest BCUT2D eigenvalue weighted by Crippen LogP contribution is 2.29. The summed E-state index contributed by atoms with van der Waals surface area (Å²) in [5.41, 5.74) is 5.70. The van der Waals surface area contributed by atoms with Gasteiger partial charge in [0.15, 0.2) is 0 Å². The third-order valence-corrected chi connectivity index (χ3v) is 4.91. The maximum Gasteiger partial charge on any atom is -0.0193 e. The Kier molecular flexibility index (Phi) is 30.2. The second kappa shape index (κ2) is 28.0. The molecule has 0 saturated heterocycles. The normalized spacial score (nSPS) is 13.8. The molecule has 0 radical (unpaired) electrons. The third-order valence-electron chi connectivity index (χ3n) is 4.91. The summed E-state index contributed by atoms with van der Waals surface area (Å²) < 4.78 is 0. The smallest absolute Gasteiger partial charge is 0.0193 e. The van der Waals surface area contributed by atoms with Crippen LogP contribution in [0.2, 0.25) is 0 Å². The Morgan fingerprint density at radius 3 is 2.03 bits per heavy atom. The van der Waals surface area contributed by atoms with Gasteiger partial charge in [0.2, 0.25) is 0 Å². The molecule has 33 heavy (non-hydrogen) atoms. The average Bonchev–Trinajstić information content (AvgIpc) is 3.24. The molecular formula is C33H56. The largest absolute Gasteiger partial charge is 0.124 e. The van der Waals surface area contributed by atoms with Gasteiger partial charge in [0.05, 0.1) is 0 Å². The number of benzene rings is 1.